The predicted octanol–water partition coefficient (Wildman–Crippen LogP) is -1.97. The molecule has 0 saturated heterocycles. The highest BCUT2D eigenvalue weighted by molar-refractivity contribution is 7.92. The van der Waals surface area contributed by atoms with Crippen molar-refractivity contribution in [2.24, 2.45) is 29.4 Å². The van der Waals surface area contributed by atoms with E-state index in [0.717, 1.165) is 12.3 Å². The molecule has 3 aliphatic rings. The largest absolute Gasteiger partial charge is 0.507 e. The van der Waals surface area contributed by atoms with Crippen molar-refractivity contribution in [1.29, 1.82) is 0 Å². The molecule has 7 atom stereocenters. The normalized spacial score (nSPS) is 34.7. The Labute approximate surface area is 201 Å². The molecule has 0 bridgehead atoms. The highest BCUT2D eigenvalue weighted by Crippen LogP contribution is 2.52. The van der Waals surface area contributed by atoms with Gasteiger partial charge in [0.05, 0.1) is 29.5 Å². The second-order valence-electron chi connectivity index (χ2n) is 9.83. The molecule has 1 aromatic rings. The zero-order valence-electron chi connectivity index (χ0n) is 19.3. The number of aliphatic hydroxyl groups is 2. The first-order valence-electron chi connectivity index (χ1n) is 10.9. The van der Waals surface area contributed by atoms with E-state index in [0.29, 0.717) is 0 Å². The lowest BCUT2D eigenvalue weighted by molar-refractivity contribution is -0.190. The lowest BCUT2D eigenvalue weighted by Crippen LogP contribution is -2.75. The third kappa shape index (κ3) is 3.64. The van der Waals surface area contributed by atoms with Gasteiger partial charge in [-0.05, 0) is 50.6 Å². The van der Waals surface area contributed by atoms with E-state index in [1.165, 1.54) is 11.0 Å². The smallest absolute Gasteiger partial charge is 0.230 e. The van der Waals surface area contributed by atoms with Crippen LogP contribution in [-0.2, 0) is 30.8 Å². The van der Waals surface area contributed by atoms with Crippen LogP contribution in [0.15, 0.2) is 12.1 Å². The number of nitrogens with zero attached hydrogens (tertiary/aromatic N) is 1. The molecule has 190 valence electrons. The Hall–Kier alpha value is -2.87. The number of hydrogen-bond acceptors (Lipinski definition) is 10. The van der Waals surface area contributed by atoms with Crippen molar-refractivity contribution < 1.29 is 42.9 Å². The Morgan fingerprint density at radius 1 is 1.20 bits per heavy atom. The fraction of sp³-hybridized carbons (Fsp3) is 0.545. The molecule has 0 heterocycles. The SMILES string of the molecule is CN(C)[C@H]1C(O)C(C(N)=O)C(=O)[C@]2(O)C(=O)C3C(=O)c4c(O)ccc(NS(C)(=O)=O)c4C[C@@H]3C[C@H]12. The summed E-state index contributed by atoms with van der Waals surface area (Å²) >= 11 is 0. The van der Waals surface area contributed by atoms with Crippen molar-refractivity contribution in [3.8, 4) is 5.75 Å². The number of aromatic hydroxyl groups is 1. The minimum absolute atomic E-state index is 0.0139. The standard InChI is InChI=1S/C22H27N3O9S/c1-25(2)16-10-7-8-6-9-11(24-35(3,33)34)4-5-12(26)14(9)17(27)13(8)19(29)22(10,32)20(30)15(18(16)28)21(23)31/h4-5,8,10,13,15-16,18,24,26,28,32H,6-7H2,1-3H3,(H2,23,31)/t8-,10-,13?,15?,16-,18?,22-/m1/s1. The van der Waals surface area contributed by atoms with Crippen LogP contribution in [0.2, 0.25) is 0 Å². The van der Waals surface area contributed by atoms with Crippen LogP contribution >= 0.6 is 0 Å². The Morgan fingerprint density at radius 2 is 1.83 bits per heavy atom. The van der Waals surface area contributed by atoms with Crippen LogP contribution in [0.1, 0.15) is 22.3 Å². The average molecular weight is 510 g/mol. The number of amides is 1. The number of phenolic OH excluding ortho intramolecular Hbond substituents is 1. The van der Waals surface area contributed by atoms with Gasteiger partial charge in [-0.25, -0.2) is 8.42 Å². The number of sulfonamides is 1. The zero-order chi connectivity index (χ0) is 26.2. The average Bonchev–Trinajstić information content (AvgIpc) is 2.71. The maximum atomic E-state index is 13.7. The maximum Gasteiger partial charge on any atom is 0.230 e. The first-order chi connectivity index (χ1) is 16.1. The molecule has 1 aromatic carbocycles. The van der Waals surface area contributed by atoms with Crippen molar-refractivity contribution in [2.45, 2.75) is 30.6 Å². The van der Waals surface area contributed by atoms with E-state index in [-0.39, 0.29) is 29.7 Å². The number of Topliss-reactive ketones (excluding diaryl/α,β-unsaturated/α-hetero) is 3. The molecule has 13 heteroatoms. The van der Waals surface area contributed by atoms with E-state index in [2.05, 4.69) is 4.72 Å². The summed E-state index contributed by atoms with van der Waals surface area (Å²) in [4.78, 5) is 53.9. The lowest BCUT2D eigenvalue weighted by atomic mass is 9.52. The second-order valence-corrected chi connectivity index (χ2v) is 11.6. The van der Waals surface area contributed by atoms with Crippen LogP contribution in [0.25, 0.3) is 0 Å². The summed E-state index contributed by atoms with van der Waals surface area (Å²) in [5.41, 5.74) is 2.57. The summed E-state index contributed by atoms with van der Waals surface area (Å²) in [5, 5.41) is 32.7. The van der Waals surface area contributed by atoms with Crippen molar-refractivity contribution in [1.82, 2.24) is 4.90 Å². The molecule has 35 heavy (non-hydrogen) atoms. The molecule has 0 spiro atoms. The quantitative estimate of drug-likeness (QED) is 0.224. The predicted molar refractivity (Wildman–Crippen MR) is 121 cm³/mol. The Kier molecular flexibility index (Phi) is 5.83. The van der Waals surface area contributed by atoms with E-state index in [9.17, 15) is 42.9 Å². The molecule has 2 fully saturated rings. The van der Waals surface area contributed by atoms with Gasteiger partial charge in [-0.3, -0.25) is 23.9 Å². The number of anilines is 1. The molecular formula is C22H27N3O9S. The minimum Gasteiger partial charge on any atom is -0.507 e. The van der Waals surface area contributed by atoms with Gasteiger partial charge in [-0.15, -0.1) is 0 Å². The first kappa shape index (κ1) is 25.2. The minimum atomic E-state index is -3.74. The first-order valence-corrected chi connectivity index (χ1v) is 12.8. The number of phenols is 1. The van der Waals surface area contributed by atoms with Gasteiger partial charge in [-0.2, -0.15) is 0 Å². The summed E-state index contributed by atoms with van der Waals surface area (Å²) in [7, 11) is -0.641. The summed E-state index contributed by atoms with van der Waals surface area (Å²) < 4.78 is 26.0. The molecule has 0 aliphatic heterocycles. The van der Waals surface area contributed by atoms with Gasteiger partial charge in [0.2, 0.25) is 15.9 Å². The second kappa shape index (κ2) is 8.08. The van der Waals surface area contributed by atoms with Gasteiger partial charge in [-0.1, -0.05) is 0 Å². The van der Waals surface area contributed by atoms with E-state index >= 15 is 0 Å². The van der Waals surface area contributed by atoms with Crippen molar-refractivity contribution in [3.63, 3.8) is 0 Å². The number of carbonyl (C=O) groups is 4. The number of carbonyl (C=O) groups excluding carboxylic acids is 4. The van der Waals surface area contributed by atoms with Crippen molar-refractivity contribution in [3.05, 3.63) is 23.3 Å². The number of ketones is 3. The van der Waals surface area contributed by atoms with Gasteiger partial charge in [0.25, 0.3) is 0 Å². The van der Waals surface area contributed by atoms with E-state index < -0.39 is 80.4 Å². The number of primary amides is 1. The molecule has 3 unspecified atom stereocenters. The van der Waals surface area contributed by atoms with E-state index in [1.807, 2.05) is 0 Å². The third-order valence-corrected chi connectivity index (χ3v) is 8.06. The van der Waals surface area contributed by atoms with Crippen molar-refractivity contribution >= 4 is 39.0 Å². The lowest BCUT2D eigenvalue weighted by Gasteiger charge is -2.54. The number of fused-ring (bicyclic) bond motifs is 3. The number of nitrogens with two attached hydrogens (primary N) is 1. The van der Waals surface area contributed by atoms with E-state index in [1.54, 1.807) is 14.1 Å². The maximum absolute atomic E-state index is 13.7. The molecule has 1 amide bonds. The number of hydrogen-bond donors (Lipinski definition) is 5. The monoisotopic (exact) mass is 509 g/mol. The van der Waals surface area contributed by atoms with Gasteiger partial charge >= 0.3 is 0 Å². The Morgan fingerprint density at radius 3 is 2.37 bits per heavy atom. The summed E-state index contributed by atoms with van der Waals surface area (Å²) in [6, 6.07) is 1.40. The topological polar surface area (TPSA) is 204 Å². The summed E-state index contributed by atoms with van der Waals surface area (Å²) in [6.07, 6.45) is -0.748. The number of aliphatic hydroxyl groups excluding tert-OH is 1. The number of nitrogens with one attached hydrogen (secondary N) is 1. The van der Waals surface area contributed by atoms with Crippen LogP contribution in [0.3, 0.4) is 0 Å². The number of benzene rings is 1. The van der Waals surface area contributed by atoms with Crippen LogP contribution in [0.5, 0.6) is 5.75 Å². The highest BCUT2D eigenvalue weighted by atomic mass is 32.2. The molecule has 2 saturated carbocycles. The van der Waals surface area contributed by atoms with Crippen LogP contribution in [-0.4, -0.2) is 90.0 Å². The van der Waals surface area contributed by atoms with Gasteiger partial charge in [0.15, 0.2) is 23.0 Å². The number of likely N-dealkylation sites (N-methyl/N-ethyl adjacent to an activating group) is 1. The molecule has 6 N–H and O–H groups in total. The Bertz CT molecular complexity index is 1260. The van der Waals surface area contributed by atoms with Crippen LogP contribution in [0.4, 0.5) is 5.69 Å². The zero-order valence-corrected chi connectivity index (χ0v) is 20.1. The van der Waals surface area contributed by atoms with Crippen LogP contribution < -0.4 is 10.5 Å². The fourth-order valence-electron chi connectivity index (χ4n) is 6.12. The molecule has 0 aromatic heterocycles. The fourth-order valence-corrected chi connectivity index (χ4v) is 6.71. The summed E-state index contributed by atoms with van der Waals surface area (Å²) in [5.74, 6) is -10.2. The summed E-state index contributed by atoms with van der Waals surface area (Å²) in [6.45, 7) is 0. The van der Waals surface area contributed by atoms with E-state index in [4.69, 9.17) is 5.73 Å². The van der Waals surface area contributed by atoms with Crippen molar-refractivity contribution in [2.75, 3.05) is 25.1 Å². The third-order valence-electron chi connectivity index (χ3n) is 7.47. The molecule has 12 nitrogen and oxygen atoms in total. The molecule has 0 radical (unpaired) electrons. The van der Waals surface area contributed by atoms with Gasteiger partial charge in [0.1, 0.15) is 11.7 Å². The molecule has 4 rings (SSSR count). The Balaban J connectivity index is 1.87. The molecule has 3 aliphatic carbocycles. The van der Waals surface area contributed by atoms with Gasteiger partial charge in [0, 0.05) is 12.0 Å². The number of rotatable bonds is 4. The van der Waals surface area contributed by atoms with Crippen LogP contribution in [0, 0.1) is 23.7 Å². The highest BCUT2D eigenvalue weighted by Gasteiger charge is 2.69. The van der Waals surface area contributed by atoms with Gasteiger partial charge < -0.3 is 26.0 Å². The molecular weight excluding hydrogens is 482 g/mol.